The van der Waals surface area contributed by atoms with E-state index >= 15 is 0 Å². The van der Waals surface area contributed by atoms with E-state index in [4.69, 9.17) is 14.6 Å². The van der Waals surface area contributed by atoms with Crippen molar-refractivity contribution in [3.05, 3.63) is 66.6 Å². The number of hydrogen-bond acceptors (Lipinski definition) is 5. The molecule has 5 rings (SSSR count). The molecule has 8 heteroatoms. The fourth-order valence-corrected chi connectivity index (χ4v) is 4.88. The predicted molar refractivity (Wildman–Crippen MR) is 141 cm³/mol. The predicted octanol–water partition coefficient (Wildman–Crippen LogP) is 6.49. The maximum absolute atomic E-state index is 14.9. The van der Waals surface area contributed by atoms with Crippen LogP contribution in [-0.4, -0.2) is 51.6 Å². The SMILES string of the molecule is COc1cccc(F)c1-c1ccc2nn(C3CCCN(C(=O)OC(C)(C)C)C3)c(-c3ccccn3)c2c1. The number of likely N-dealkylation sites (tertiary alicyclic amines) is 1. The van der Waals surface area contributed by atoms with Gasteiger partial charge in [-0.05, 0) is 75.6 Å². The average molecular weight is 503 g/mol. The van der Waals surface area contributed by atoms with Crippen LogP contribution in [0.15, 0.2) is 60.8 Å². The monoisotopic (exact) mass is 502 g/mol. The normalized spacial score (nSPS) is 16.1. The van der Waals surface area contributed by atoms with Crippen LogP contribution in [0.4, 0.5) is 9.18 Å². The van der Waals surface area contributed by atoms with Gasteiger partial charge in [-0.15, -0.1) is 0 Å². The van der Waals surface area contributed by atoms with Crippen molar-refractivity contribution in [3.63, 3.8) is 0 Å². The van der Waals surface area contributed by atoms with Gasteiger partial charge in [0.2, 0.25) is 0 Å². The lowest BCUT2D eigenvalue weighted by Gasteiger charge is -2.34. The molecule has 2 aromatic heterocycles. The van der Waals surface area contributed by atoms with Gasteiger partial charge in [0.05, 0.1) is 35.6 Å². The van der Waals surface area contributed by atoms with Gasteiger partial charge in [0, 0.05) is 24.7 Å². The largest absolute Gasteiger partial charge is 0.496 e. The molecule has 0 bridgehead atoms. The van der Waals surface area contributed by atoms with E-state index in [1.165, 1.54) is 13.2 Å². The van der Waals surface area contributed by atoms with Gasteiger partial charge in [0.25, 0.3) is 0 Å². The molecule has 1 atom stereocenters. The van der Waals surface area contributed by atoms with Crippen molar-refractivity contribution in [2.75, 3.05) is 20.2 Å². The van der Waals surface area contributed by atoms with E-state index in [1.807, 2.05) is 61.9 Å². The zero-order chi connectivity index (χ0) is 26.2. The zero-order valence-electron chi connectivity index (χ0n) is 21.6. The number of benzene rings is 2. The van der Waals surface area contributed by atoms with E-state index in [9.17, 15) is 9.18 Å². The third kappa shape index (κ3) is 5.01. The molecule has 0 spiro atoms. The number of methoxy groups -OCH3 is 1. The summed E-state index contributed by atoms with van der Waals surface area (Å²) >= 11 is 0. The van der Waals surface area contributed by atoms with Gasteiger partial charge in [-0.3, -0.25) is 9.67 Å². The van der Waals surface area contributed by atoms with Crippen molar-refractivity contribution >= 4 is 17.0 Å². The third-order valence-corrected chi connectivity index (χ3v) is 6.48. The van der Waals surface area contributed by atoms with Crippen LogP contribution in [0.5, 0.6) is 5.75 Å². The Bertz CT molecular complexity index is 1430. The van der Waals surface area contributed by atoms with Crippen molar-refractivity contribution in [1.82, 2.24) is 19.7 Å². The highest BCUT2D eigenvalue weighted by molar-refractivity contribution is 5.96. The van der Waals surface area contributed by atoms with Crippen LogP contribution in [0.2, 0.25) is 0 Å². The van der Waals surface area contributed by atoms with E-state index in [0.717, 1.165) is 35.1 Å². The number of ether oxygens (including phenoxy) is 2. The van der Waals surface area contributed by atoms with Crippen molar-refractivity contribution in [3.8, 4) is 28.3 Å². The molecule has 1 fully saturated rings. The highest BCUT2D eigenvalue weighted by atomic mass is 19.1. The Kier molecular flexibility index (Phi) is 6.58. The van der Waals surface area contributed by atoms with E-state index in [0.29, 0.717) is 30.0 Å². The summed E-state index contributed by atoms with van der Waals surface area (Å²) in [6.07, 6.45) is 3.12. The number of amides is 1. The third-order valence-electron chi connectivity index (χ3n) is 6.48. The molecule has 192 valence electrons. The van der Waals surface area contributed by atoms with Crippen molar-refractivity contribution in [2.45, 2.75) is 45.3 Å². The van der Waals surface area contributed by atoms with Gasteiger partial charge in [0.1, 0.15) is 17.2 Å². The minimum absolute atomic E-state index is 0.0582. The number of aromatic nitrogens is 3. The molecule has 1 aliphatic heterocycles. The summed E-state index contributed by atoms with van der Waals surface area (Å²) in [5, 5.41) is 5.81. The van der Waals surface area contributed by atoms with Crippen molar-refractivity contribution in [1.29, 1.82) is 0 Å². The molecule has 1 unspecified atom stereocenters. The van der Waals surface area contributed by atoms with Crippen LogP contribution in [0, 0.1) is 5.82 Å². The van der Waals surface area contributed by atoms with Gasteiger partial charge in [-0.1, -0.05) is 18.2 Å². The van der Waals surface area contributed by atoms with E-state index < -0.39 is 5.60 Å². The minimum Gasteiger partial charge on any atom is -0.496 e. The fraction of sp³-hybridized carbons (Fsp3) is 0.345. The Morgan fingerprint density at radius 2 is 1.95 bits per heavy atom. The molecule has 4 aromatic rings. The Labute approximate surface area is 215 Å². The van der Waals surface area contributed by atoms with Crippen molar-refractivity contribution < 1.29 is 18.7 Å². The summed E-state index contributed by atoms with van der Waals surface area (Å²) < 4.78 is 28.0. The van der Waals surface area contributed by atoms with E-state index in [1.54, 1.807) is 23.2 Å². The molecule has 0 N–H and O–H groups in total. The maximum Gasteiger partial charge on any atom is 0.410 e. The highest BCUT2D eigenvalue weighted by Crippen LogP contribution is 2.38. The molecule has 1 aliphatic rings. The number of pyridine rings is 1. The van der Waals surface area contributed by atoms with Crippen LogP contribution < -0.4 is 4.74 Å². The molecular formula is C29H31FN4O3. The minimum atomic E-state index is -0.562. The summed E-state index contributed by atoms with van der Waals surface area (Å²) in [7, 11) is 1.54. The Balaban J connectivity index is 1.61. The quantitative estimate of drug-likeness (QED) is 0.319. The van der Waals surface area contributed by atoms with Crippen LogP contribution in [0.1, 0.15) is 39.7 Å². The molecule has 0 saturated carbocycles. The average Bonchev–Trinajstić information content (AvgIpc) is 3.27. The first kappa shape index (κ1) is 24.7. The first-order valence-corrected chi connectivity index (χ1v) is 12.5. The second-order valence-corrected chi connectivity index (χ2v) is 10.3. The molecule has 37 heavy (non-hydrogen) atoms. The lowest BCUT2D eigenvalue weighted by molar-refractivity contribution is 0.0168. The Morgan fingerprint density at radius 3 is 2.68 bits per heavy atom. The first-order valence-electron chi connectivity index (χ1n) is 12.5. The number of nitrogens with zero attached hydrogens (tertiary/aromatic N) is 4. The van der Waals surface area contributed by atoms with Gasteiger partial charge < -0.3 is 14.4 Å². The van der Waals surface area contributed by atoms with E-state index in [2.05, 4.69) is 4.98 Å². The molecule has 2 aromatic carbocycles. The first-order chi connectivity index (χ1) is 17.7. The summed E-state index contributed by atoms with van der Waals surface area (Å²) in [5.74, 6) is 0.108. The maximum atomic E-state index is 14.9. The molecule has 1 saturated heterocycles. The number of rotatable bonds is 4. The molecule has 0 aliphatic carbocycles. The molecule has 7 nitrogen and oxygen atoms in total. The lowest BCUT2D eigenvalue weighted by Crippen LogP contribution is -2.43. The van der Waals surface area contributed by atoms with Crippen molar-refractivity contribution in [2.24, 2.45) is 0 Å². The van der Waals surface area contributed by atoms with Gasteiger partial charge in [-0.25, -0.2) is 9.18 Å². The molecular weight excluding hydrogens is 471 g/mol. The Hall–Kier alpha value is -3.94. The second-order valence-electron chi connectivity index (χ2n) is 10.3. The molecule has 0 radical (unpaired) electrons. The summed E-state index contributed by atoms with van der Waals surface area (Å²) in [4.78, 5) is 19.2. The van der Waals surface area contributed by atoms with Gasteiger partial charge >= 0.3 is 6.09 Å². The van der Waals surface area contributed by atoms with Gasteiger partial charge in [0.15, 0.2) is 0 Å². The summed E-state index contributed by atoms with van der Waals surface area (Å²) in [5.41, 5.74) is 2.90. The second kappa shape index (κ2) is 9.84. The van der Waals surface area contributed by atoms with Crippen LogP contribution >= 0.6 is 0 Å². The molecule has 1 amide bonds. The standard InChI is InChI=1S/C29H31FN4O3/c1-29(2,3)37-28(35)33-16-8-9-20(18-33)34-27(24-11-5-6-15-31-24)21-17-19(13-14-23(21)32-34)26-22(30)10-7-12-25(26)36-4/h5-7,10-15,17,20H,8-9,16,18H2,1-4H3. The summed E-state index contributed by atoms with van der Waals surface area (Å²) in [6.45, 7) is 6.73. The highest BCUT2D eigenvalue weighted by Gasteiger charge is 2.31. The zero-order valence-corrected chi connectivity index (χ0v) is 21.6. The van der Waals surface area contributed by atoms with Crippen LogP contribution in [-0.2, 0) is 4.74 Å². The number of piperidine rings is 1. The topological polar surface area (TPSA) is 69.5 Å². The number of fused-ring (bicyclic) bond motifs is 1. The molecule has 3 heterocycles. The number of halogens is 1. The lowest BCUT2D eigenvalue weighted by atomic mass is 10.0. The number of carbonyl (C=O) groups is 1. The fourth-order valence-electron chi connectivity index (χ4n) is 4.88. The smallest absolute Gasteiger partial charge is 0.410 e. The van der Waals surface area contributed by atoms with Crippen LogP contribution in [0.25, 0.3) is 33.4 Å². The van der Waals surface area contributed by atoms with Gasteiger partial charge in [-0.2, -0.15) is 5.10 Å². The number of hydrogen-bond donors (Lipinski definition) is 0. The van der Waals surface area contributed by atoms with Crippen LogP contribution in [0.3, 0.4) is 0 Å². The Morgan fingerprint density at radius 1 is 1.11 bits per heavy atom. The summed E-state index contributed by atoms with van der Waals surface area (Å²) in [6, 6.07) is 16.2. The number of carbonyl (C=O) groups excluding carboxylic acids is 1. The van der Waals surface area contributed by atoms with E-state index in [-0.39, 0.29) is 18.0 Å².